The van der Waals surface area contributed by atoms with E-state index < -0.39 is 0 Å². The van der Waals surface area contributed by atoms with E-state index in [1.165, 1.54) is 0 Å². The summed E-state index contributed by atoms with van der Waals surface area (Å²) in [6, 6.07) is 0.438. The van der Waals surface area contributed by atoms with Crippen molar-refractivity contribution in [2.45, 2.75) is 18.9 Å². The highest BCUT2D eigenvalue weighted by Crippen LogP contribution is 2.05. The fourth-order valence-corrected chi connectivity index (χ4v) is 0.953. The molecule has 1 heterocycles. The smallest absolute Gasteiger partial charge is 0.0109 e. The van der Waals surface area contributed by atoms with Gasteiger partial charge in [-0.1, -0.05) is 0 Å². The fraction of sp³-hybridized carbons (Fsp3) is 0.833. The minimum Gasteiger partial charge on any atom is -0.328 e. The maximum absolute atomic E-state index is 5.64. The van der Waals surface area contributed by atoms with Crippen LogP contribution in [-0.4, -0.2) is 24.0 Å². The Hall–Kier alpha value is -0.0800. The van der Waals surface area contributed by atoms with Crippen molar-refractivity contribution in [1.82, 2.24) is 4.90 Å². The molecule has 1 radical (unpaired) electrons. The van der Waals surface area contributed by atoms with Crippen LogP contribution in [0, 0.1) is 7.05 Å². The van der Waals surface area contributed by atoms with Crippen molar-refractivity contribution >= 4 is 0 Å². The summed E-state index contributed by atoms with van der Waals surface area (Å²) in [6.07, 6.45) is 2.23. The molecule has 8 heavy (non-hydrogen) atoms. The maximum atomic E-state index is 5.64. The van der Waals surface area contributed by atoms with E-state index in [1.807, 2.05) is 0 Å². The van der Waals surface area contributed by atoms with Crippen molar-refractivity contribution in [3.8, 4) is 0 Å². The van der Waals surface area contributed by atoms with Gasteiger partial charge in [0.25, 0.3) is 0 Å². The van der Waals surface area contributed by atoms with Gasteiger partial charge in [0.15, 0.2) is 0 Å². The van der Waals surface area contributed by atoms with Gasteiger partial charge >= 0.3 is 0 Å². The molecule has 2 N–H and O–H groups in total. The zero-order valence-corrected chi connectivity index (χ0v) is 5.14. The largest absolute Gasteiger partial charge is 0.328 e. The van der Waals surface area contributed by atoms with Gasteiger partial charge < -0.3 is 10.6 Å². The lowest BCUT2D eigenvalue weighted by molar-refractivity contribution is 0.281. The van der Waals surface area contributed by atoms with Crippen molar-refractivity contribution in [2.24, 2.45) is 5.73 Å². The van der Waals surface area contributed by atoms with E-state index in [2.05, 4.69) is 11.9 Å². The molecule has 0 aromatic heterocycles. The zero-order chi connectivity index (χ0) is 5.98. The van der Waals surface area contributed by atoms with Crippen molar-refractivity contribution in [1.29, 1.82) is 0 Å². The molecule has 2 nitrogen and oxygen atoms in total. The summed E-state index contributed by atoms with van der Waals surface area (Å²) in [5.74, 6) is 0. The summed E-state index contributed by atoms with van der Waals surface area (Å²) in [4.78, 5) is 2.07. The topological polar surface area (TPSA) is 29.3 Å². The Morgan fingerprint density at radius 2 is 1.88 bits per heavy atom. The van der Waals surface area contributed by atoms with Crippen LogP contribution in [0.1, 0.15) is 12.8 Å². The van der Waals surface area contributed by atoms with E-state index in [0.29, 0.717) is 6.04 Å². The molecule has 0 bridgehead atoms. The van der Waals surface area contributed by atoms with Crippen LogP contribution >= 0.6 is 0 Å². The fourth-order valence-electron chi connectivity index (χ4n) is 0.953. The Bertz CT molecular complexity index is 54.9. The van der Waals surface area contributed by atoms with Crippen LogP contribution in [0.2, 0.25) is 0 Å². The summed E-state index contributed by atoms with van der Waals surface area (Å²) < 4.78 is 0. The minimum absolute atomic E-state index is 0.438. The van der Waals surface area contributed by atoms with Crippen LogP contribution in [0.25, 0.3) is 0 Å². The number of likely N-dealkylation sites (tertiary alicyclic amines) is 1. The zero-order valence-electron chi connectivity index (χ0n) is 5.14. The van der Waals surface area contributed by atoms with Gasteiger partial charge in [-0.2, -0.15) is 0 Å². The van der Waals surface area contributed by atoms with Crippen LogP contribution < -0.4 is 5.73 Å². The van der Waals surface area contributed by atoms with Gasteiger partial charge in [-0.3, -0.25) is 0 Å². The van der Waals surface area contributed by atoms with E-state index in [4.69, 9.17) is 5.73 Å². The average molecular weight is 113 g/mol. The molecule has 47 valence electrons. The molecular formula is C6H13N2. The summed E-state index contributed by atoms with van der Waals surface area (Å²) >= 11 is 0. The lowest BCUT2D eigenvalue weighted by Gasteiger charge is -2.25. The molecule has 2 heteroatoms. The number of nitrogens with zero attached hydrogens (tertiary/aromatic N) is 1. The summed E-state index contributed by atoms with van der Waals surface area (Å²) in [5.41, 5.74) is 5.64. The third-order valence-corrected chi connectivity index (χ3v) is 1.63. The summed E-state index contributed by atoms with van der Waals surface area (Å²) in [7, 11) is 3.81. The van der Waals surface area contributed by atoms with Gasteiger partial charge in [0.1, 0.15) is 0 Å². The minimum atomic E-state index is 0.438. The Kier molecular flexibility index (Phi) is 1.86. The van der Waals surface area contributed by atoms with Gasteiger partial charge in [0, 0.05) is 13.1 Å². The van der Waals surface area contributed by atoms with Crippen molar-refractivity contribution < 1.29 is 0 Å². The van der Waals surface area contributed by atoms with Crippen LogP contribution in [0.15, 0.2) is 0 Å². The maximum Gasteiger partial charge on any atom is 0.0109 e. The highest BCUT2D eigenvalue weighted by atomic mass is 15.1. The van der Waals surface area contributed by atoms with Gasteiger partial charge in [0.2, 0.25) is 0 Å². The first kappa shape index (κ1) is 6.05. The number of hydrogen-bond donors (Lipinski definition) is 1. The van der Waals surface area contributed by atoms with E-state index in [0.717, 1.165) is 25.9 Å². The van der Waals surface area contributed by atoms with Gasteiger partial charge in [-0.25, -0.2) is 0 Å². The van der Waals surface area contributed by atoms with Gasteiger partial charge in [-0.15, -0.1) is 0 Å². The molecule has 0 aromatic rings. The number of piperidine rings is 1. The molecule has 1 aliphatic heterocycles. The third-order valence-electron chi connectivity index (χ3n) is 1.63. The Morgan fingerprint density at radius 1 is 1.38 bits per heavy atom. The predicted octanol–water partition coefficient (Wildman–Crippen LogP) is 0.201. The number of hydrogen-bond acceptors (Lipinski definition) is 2. The molecular weight excluding hydrogens is 100 g/mol. The Balaban J connectivity index is 2.19. The second-order valence-corrected chi connectivity index (χ2v) is 2.46. The predicted molar refractivity (Wildman–Crippen MR) is 34.1 cm³/mol. The van der Waals surface area contributed by atoms with Crippen LogP contribution in [0.5, 0.6) is 0 Å². The third kappa shape index (κ3) is 1.46. The Labute approximate surface area is 50.7 Å². The molecule has 1 rings (SSSR count). The molecule has 1 fully saturated rings. The number of rotatable bonds is 0. The average Bonchev–Trinajstić information content (AvgIpc) is 1.77. The van der Waals surface area contributed by atoms with E-state index in [9.17, 15) is 0 Å². The van der Waals surface area contributed by atoms with Crippen LogP contribution in [0.3, 0.4) is 0 Å². The molecule has 0 spiro atoms. The molecule has 1 saturated heterocycles. The highest BCUT2D eigenvalue weighted by Gasteiger charge is 2.11. The second kappa shape index (κ2) is 2.46. The van der Waals surface area contributed by atoms with E-state index >= 15 is 0 Å². The monoisotopic (exact) mass is 113 g/mol. The molecule has 0 unspecified atom stereocenters. The SMILES string of the molecule is [CH2]N1CCC(N)CC1. The molecule has 0 aliphatic carbocycles. The molecule has 0 aromatic carbocycles. The highest BCUT2D eigenvalue weighted by molar-refractivity contribution is 4.72. The lowest BCUT2D eigenvalue weighted by Crippen LogP contribution is -2.36. The summed E-state index contributed by atoms with van der Waals surface area (Å²) in [6.45, 7) is 2.14. The van der Waals surface area contributed by atoms with Crippen LogP contribution in [0.4, 0.5) is 0 Å². The quantitative estimate of drug-likeness (QED) is 0.486. The van der Waals surface area contributed by atoms with Crippen LogP contribution in [-0.2, 0) is 0 Å². The van der Waals surface area contributed by atoms with E-state index in [1.54, 1.807) is 0 Å². The van der Waals surface area contributed by atoms with Gasteiger partial charge in [-0.05, 0) is 25.9 Å². The first-order chi connectivity index (χ1) is 3.79. The van der Waals surface area contributed by atoms with Crippen molar-refractivity contribution in [2.75, 3.05) is 13.1 Å². The van der Waals surface area contributed by atoms with Crippen molar-refractivity contribution in [3.05, 3.63) is 7.05 Å². The first-order valence-corrected chi connectivity index (χ1v) is 3.10. The van der Waals surface area contributed by atoms with E-state index in [-0.39, 0.29) is 0 Å². The lowest BCUT2D eigenvalue weighted by atomic mass is 10.1. The normalized spacial score (nSPS) is 26.2. The Morgan fingerprint density at radius 3 is 2.25 bits per heavy atom. The molecule has 0 saturated carbocycles. The standard InChI is InChI=1S/C6H13N2/c1-8-4-2-6(7)3-5-8/h6H,1-5,7H2. The molecule has 1 aliphatic rings. The first-order valence-electron chi connectivity index (χ1n) is 3.10. The second-order valence-electron chi connectivity index (χ2n) is 2.46. The number of nitrogens with two attached hydrogens (primary N) is 1. The van der Waals surface area contributed by atoms with Crippen molar-refractivity contribution in [3.63, 3.8) is 0 Å². The molecule has 0 atom stereocenters. The summed E-state index contributed by atoms with van der Waals surface area (Å²) in [5, 5.41) is 0. The van der Waals surface area contributed by atoms with Gasteiger partial charge in [0.05, 0.1) is 0 Å². The molecule has 0 amide bonds.